The Hall–Kier alpha value is -2.71. The molecule has 0 unspecified atom stereocenters. The van der Waals surface area contributed by atoms with E-state index in [0.29, 0.717) is 31.2 Å². The Morgan fingerprint density at radius 2 is 1.63 bits per heavy atom. The summed E-state index contributed by atoms with van der Waals surface area (Å²) < 4.78 is 1.07. The van der Waals surface area contributed by atoms with Crippen molar-refractivity contribution < 1.29 is 19.2 Å². The topological polar surface area (TPSA) is 78.0 Å². The molecule has 1 aromatic carbocycles. The van der Waals surface area contributed by atoms with Crippen LogP contribution in [0.4, 0.5) is 0 Å². The quantitative estimate of drug-likeness (QED) is 0.534. The van der Waals surface area contributed by atoms with E-state index in [2.05, 4.69) is 0 Å². The predicted octanol–water partition coefficient (Wildman–Crippen LogP) is 2.39. The number of imide groups is 1. The van der Waals surface area contributed by atoms with Crippen LogP contribution in [0.25, 0.3) is 16.2 Å². The Labute approximate surface area is 182 Å². The third-order valence-electron chi connectivity index (χ3n) is 5.33. The highest BCUT2D eigenvalue weighted by Gasteiger charge is 2.32. The first kappa shape index (κ1) is 20.6. The van der Waals surface area contributed by atoms with Crippen molar-refractivity contribution >= 4 is 62.7 Å². The molecule has 0 spiro atoms. The largest absolute Gasteiger partial charge is 0.338 e. The number of piperazine rings is 1. The lowest BCUT2D eigenvalue weighted by molar-refractivity contribution is -0.146. The van der Waals surface area contributed by atoms with Gasteiger partial charge >= 0.3 is 0 Å². The average molecular weight is 446 g/mol. The highest BCUT2D eigenvalue weighted by molar-refractivity contribution is 7.20. The maximum Gasteiger partial charge on any atom is 0.246 e. The molecule has 156 valence electrons. The Kier molecular flexibility index (Phi) is 5.87. The lowest BCUT2D eigenvalue weighted by atomic mass is 10.2. The van der Waals surface area contributed by atoms with Crippen LogP contribution in [0.2, 0.25) is 5.02 Å². The highest BCUT2D eigenvalue weighted by atomic mass is 35.5. The first-order valence-corrected chi connectivity index (χ1v) is 10.9. The van der Waals surface area contributed by atoms with Gasteiger partial charge in [0.15, 0.2) is 0 Å². The lowest BCUT2D eigenvalue weighted by Gasteiger charge is -2.34. The molecule has 7 nitrogen and oxygen atoms in total. The zero-order chi connectivity index (χ0) is 21.3. The van der Waals surface area contributed by atoms with Crippen LogP contribution in [-0.2, 0) is 19.2 Å². The van der Waals surface area contributed by atoms with Crippen molar-refractivity contribution in [2.75, 3.05) is 32.7 Å². The van der Waals surface area contributed by atoms with Crippen LogP contribution >= 0.6 is 22.9 Å². The molecular weight excluding hydrogens is 426 g/mol. The van der Waals surface area contributed by atoms with Gasteiger partial charge in [-0.05, 0) is 12.1 Å². The summed E-state index contributed by atoms with van der Waals surface area (Å²) in [6.45, 7) is 1.33. The monoisotopic (exact) mass is 445 g/mol. The van der Waals surface area contributed by atoms with Crippen molar-refractivity contribution in [2.45, 2.75) is 12.8 Å². The van der Waals surface area contributed by atoms with Gasteiger partial charge in [0.1, 0.15) is 6.54 Å². The summed E-state index contributed by atoms with van der Waals surface area (Å²) in [6.07, 6.45) is 3.59. The number of nitrogens with zero attached hydrogens (tertiary/aromatic N) is 3. The number of amides is 4. The van der Waals surface area contributed by atoms with E-state index in [9.17, 15) is 19.2 Å². The molecular formula is C21H20ClN3O4S. The molecule has 1 aromatic heterocycles. The zero-order valence-corrected chi connectivity index (χ0v) is 17.7. The van der Waals surface area contributed by atoms with E-state index in [-0.39, 0.29) is 43.0 Å². The minimum Gasteiger partial charge on any atom is -0.338 e. The summed E-state index contributed by atoms with van der Waals surface area (Å²) in [5, 5.41) is 1.61. The minimum absolute atomic E-state index is 0.138. The van der Waals surface area contributed by atoms with E-state index in [1.807, 2.05) is 24.3 Å². The van der Waals surface area contributed by atoms with Gasteiger partial charge in [0.2, 0.25) is 23.6 Å². The van der Waals surface area contributed by atoms with Gasteiger partial charge in [-0.3, -0.25) is 24.1 Å². The molecule has 4 rings (SSSR count). The van der Waals surface area contributed by atoms with Gasteiger partial charge in [-0.1, -0.05) is 29.8 Å². The van der Waals surface area contributed by atoms with Crippen molar-refractivity contribution in [3.8, 4) is 0 Å². The number of carbonyl (C=O) groups excluding carboxylic acids is 4. The first-order chi connectivity index (χ1) is 14.4. The van der Waals surface area contributed by atoms with Crippen molar-refractivity contribution in [2.24, 2.45) is 0 Å². The molecule has 3 heterocycles. The number of halogens is 1. The van der Waals surface area contributed by atoms with Gasteiger partial charge in [-0.25, -0.2) is 0 Å². The van der Waals surface area contributed by atoms with E-state index in [1.54, 1.807) is 15.9 Å². The van der Waals surface area contributed by atoms with Crippen LogP contribution < -0.4 is 0 Å². The molecule has 0 aliphatic carbocycles. The van der Waals surface area contributed by atoms with Crippen LogP contribution in [-0.4, -0.2) is 71.1 Å². The van der Waals surface area contributed by atoms with Gasteiger partial charge < -0.3 is 9.80 Å². The summed E-state index contributed by atoms with van der Waals surface area (Å²) in [5.41, 5.74) is 0. The molecule has 0 N–H and O–H groups in total. The van der Waals surface area contributed by atoms with Gasteiger partial charge in [0, 0.05) is 60.1 Å². The summed E-state index contributed by atoms with van der Waals surface area (Å²) in [5.74, 6) is -1.00. The molecule has 2 aromatic rings. The first-order valence-electron chi connectivity index (χ1n) is 9.69. The second-order valence-corrected chi connectivity index (χ2v) is 8.65. The number of carbonyl (C=O) groups is 4. The Bertz CT molecular complexity index is 1040. The van der Waals surface area contributed by atoms with Crippen molar-refractivity contribution in [1.29, 1.82) is 0 Å². The number of thiophene rings is 1. The van der Waals surface area contributed by atoms with Crippen molar-refractivity contribution in [1.82, 2.24) is 14.7 Å². The smallest absolute Gasteiger partial charge is 0.246 e. The molecule has 2 aliphatic heterocycles. The second kappa shape index (κ2) is 8.57. The van der Waals surface area contributed by atoms with Gasteiger partial charge in [0.05, 0.1) is 5.02 Å². The third-order valence-corrected chi connectivity index (χ3v) is 6.98. The van der Waals surface area contributed by atoms with Crippen LogP contribution in [0.3, 0.4) is 0 Å². The lowest BCUT2D eigenvalue weighted by Crippen LogP contribution is -2.52. The number of benzene rings is 1. The van der Waals surface area contributed by atoms with E-state index < -0.39 is 0 Å². The highest BCUT2D eigenvalue weighted by Crippen LogP contribution is 2.35. The number of fused-ring (bicyclic) bond motifs is 1. The van der Waals surface area contributed by atoms with E-state index in [1.165, 1.54) is 17.4 Å². The molecule has 9 heteroatoms. The zero-order valence-electron chi connectivity index (χ0n) is 16.2. The number of likely N-dealkylation sites (tertiary alicyclic amines) is 1. The van der Waals surface area contributed by atoms with Crippen LogP contribution in [0.15, 0.2) is 30.3 Å². The standard InChI is InChI=1S/C21H20ClN3O4S/c22-21-14-3-1-2-4-15(14)30-16(21)5-6-17(26)23-9-11-24(12-10-23)20(29)13-25-18(27)7-8-19(25)28/h1-6H,7-13H2/b6-5+. The summed E-state index contributed by atoms with van der Waals surface area (Å²) in [6, 6.07) is 7.82. The van der Waals surface area contributed by atoms with E-state index in [4.69, 9.17) is 11.6 Å². The fraction of sp³-hybridized carbons (Fsp3) is 0.333. The normalized spacial score (nSPS) is 17.6. The molecule has 0 atom stereocenters. The van der Waals surface area contributed by atoms with E-state index >= 15 is 0 Å². The Morgan fingerprint density at radius 1 is 1.00 bits per heavy atom. The van der Waals surface area contributed by atoms with Gasteiger partial charge in [-0.2, -0.15) is 0 Å². The van der Waals surface area contributed by atoms with Crippen molar-refractivity contribution in [3.05, 3.63) is 40.2 Å². The fourth-order valence-corrected chi connectivity index (χ4v) is 5.00. The molecule has 2 fully saturated rings. The van der Waals surface area contributed by atoms with Gasteiger partial charge in [0.25, 0.3) is 0 Å². The maximum atomic E-state index is 12.5. The molecule has 4 amide bonds. The SMILES string of the molecule is O=C(/C=C/c1sc2ccccc2c1Cl)N1CCN(C(=O)CN2C(=O)CCC2=O)CC1. The molecule has 0 saturated carbocycles. The number of hydrogen-bond donors (Lipinski definition) is 0. The van der Waals surface area contributed by atoms with Crippen molar-refractivity contribution in [3.63, 3.8) is 0 Å². The predicted molar refractivity (Wildman–Crippen MR) is 115 cm³/mol. The number of rotatable bonds is 4. The summed E-state index contributed by atoms with van der Waals surface area (Å²) >= 11 is 7.94. The van der Waals surface area contributed by atoms with Crippen LogP contribution in [0.1, 0.15) is 17.7 Å². The fourth-order valence-electron chi connectivity index (χ4n) is 3.60. The van der Waals surface area contributed by atoms with Gasteiger partial charge in [-0.15, -0.1) is 11.3 Å². The molecule has 30 heavy (non-hydrogen) atoms. The third kappa shape index (κ3) is 4.11. The summed E-state index contributed by atoms with van der Waals surface area (Å²) in [4.78, 5) is 53.4. The Balaban J connectivity index is 1.32. The Morgan fingerprint density at radius 3 is 2.30 bits per heavy atom. The minimum atomic E-state index is -0.299. The van der Waals surface area contributed by atoms with E-state index in [0.717, 1.165) is 19.9 Å². The van der Waals surface area contributed by atoms with Crippen LogP contribution in [0, 0.1) is 0 Å². The second-order valence-electron chi connectivity index (χ2n) is 7.19. The summed E-state index contributed by atoms with van der Waals surface area (Å²) in [7, 11) is 0. The maximum absolute atomic E-state index is 12.5. The van der Waals surface area contributed by atoms with Crippen LogP contribution in [0.5, 0.6) is 0 Å². The molecule has 0 radical (unpaired) electrons. The average Bonchev–Trinajstić information content (AvgIpc) is 3.25. The molecule has 2 aliphatic rings. The number of hydrogen-bond acceptors (Lipinski definition) is 5. The molecule has 2 saturated heterocycles. The molecule has 0 bridgehead atoms.